The lowest BCUT2D eigenvalue weighted by atomic mass is 9.69. The number of hydrogen-bond donors (Lipinski definition) is 1. The first-order valence-corrected chi connectivity index (χ1v) is 11.7. The smallest absolute Gasteiger partial charge is 0.336 e. The number of nitrogens with zero attached hydrogens (tertiary/aromatic N) is 1. The molecule has 0 saturated carbocycles. The topological polar surface area (TPSA) is 102 Å². The van der Waals surface area contributed by atoms with Gasteiger partial charge in [0, 0.05) is 20.8 Å². The molecule has 2 aromatic carbocycles. The highest BCUT2D eigenvalue weighted by atomic mass is 79.9. The van der Waals surface area contributed by atoms with Crippen LogP contribution in [-0.4, -0.2) is 25.2 Å². The van der Waals surface area contributed by atoms with E-state index in [0.717, 1.165) is 0 Å². The minimum absolute atomic E-state index is 0.0622. The monoisotopic (exact) mass is 560 g/mol. The van der Waals surface area contributed by atoms with Crippen LogP contribution < -0.4 is 5.73 Å². The zero-order valence-corrected chi connectivity index (χ0v) is 20.8. The van der Waals surface area contributed by atoms with E-state index < -0.39 is 29.2 Å². The highest BCUT2D eigenvalue weighted by Gasteiger charge is 2.62. The molecule has 0 spiro atoms. The van der Waals surface area contributed by atoms with Crippen LogP contribution in [0.15, 0.2) is 68.7 Å². The predicted octanol–water partition coefficient (Wildman–Crippen LogP) is 4.94. The molecule has 0 aromatic heterocycles. The van der Waals surface area contributed by atoms with Crippen LogP contribution in [0.5, 0.6) is 0 Å². The molecule has 0 unspecified atom stereocenters. The van der Waals surface area contributed by atoms with Gasteiger partial charge in [-0.25, -0.2) is 9.59 Å². The van der Waals surface area contributed by atoms with Crippen molar-refractivity contribution >= 4 is 43.8 Å². The molecule has 0 saturated heterocycles. The number of esters is 2. The minimum Gasteiger partial charge on any atom is -0.464 e. The van der Waals surface area contributed by atoms with Crippen LogP contribution in [0.1, 0.15) is 36.8 Å². The van der Waals surface area contributed by atoms with E-state index in [0.29, 0.717) is 20.1 Å². The van der Waals surface area contributed by atoms with Gasteiger partial charge in [0.25, 0.3) is 0 Å². The van der Waals surface area contributed by atoms with Gasteiger partial charge in [-0.15, -0.1) is 0 Å². The van der Waals surface area contributed by atoms with Gasteiger partial charge >= 0.3 is 11.9 Å². The number of carbonyl (C=O) groups excluding carboxylic acids is 2. The van der Waals surface area contributed by atoms with Crippen molar-refractivity contribution in [3.05, 3.63) is 79.9 Å². The second-order valence-electron chi connectivity index (χ2n) is 7.19. The Bertz CT molecular complexity index is 1120. The molecule has 32 heavy (non-hydrogen) atoms. The molecule has 0 amide bonds. The van der Waals surface area contributed by atoms with E-state index >= 15 is 0 Å². The van der Waals surface area contributed by atoms with Crippen molar-refractivity contribution in [1.82, 2.24) is 0 Å². The molecular formula is C24H22Br2N2O4. The van der Waals surface area contributed by atoms with E-state index in [1.807, 2.05) is 48.5 Å². The Morgan fingerprint density at radius 3 is 2.03 bits per heavy atom. The van der Waals surface area contributed by atoms with E-state index in [9.17, 15) is 14.9 Å². The SMILES string of the molecule is CCOC(=O)C1=C(N)[C@@](C#N)(C(=O)OCC)[C@H](c2ccccc2Br)[C@H]1c1ccccc1Br. The Morgan fingerprint density at radius 2 is 1.53 bits per heavy atom. The molecule has 2 aromatic rings. The molecule has 166 valence electrons. The molecule has 3 atom stereocenters. The van der Waals surface area contributed by atoms with Gasteiger partial charge in [0.05, 0.1) is 30.6 Å². The summed E-state index contributed by atoms with van der Waals surface area (Å²) >= 11 is 7.11. The molecule has 3 rings (SSSR count). The fourth-order valence-corrected chi connectivity index (χ4v) is 5.33. The predicted molar refractivity (Wildman–Crippen MR) is 126 cm³/mol. The second-order valence-corrected chi connectivity index (χ2v) is 8.90. The van der Waals surface area contributed by atoms with Crippen LogP contribution in [0, 0.1) is 16.7 Å². The molecule has 1 aliphatic rings. The van der Waals surface area contributed by atoms with Gasteiger partial charge in [-0.3, -0.25) is 0 Å². The van der Waals surface area contributed by atoms with Gasteiger partial charge in [-0.1, -0.05) is 68.3 Å². The third-order valence-electron chi connectivity index (χ3n) is 5.58. The summed E-state index contributed by atoms with van der Waals surface area (Å²) < 4.78 is 12.0. The van der Waals surface area contributed by atoms with Gasteiger partial charge in [-0.2, -0.15) is 5.26 Å². The number of hydrogen-bond acceptors (Lipinski definition) is 6. The first kappa shape index (κ1) is 24.0. The number of carbonyl (C=O) groups is 2. The van der Waals surface area contributed by atoms with E-state index in [2.05, 4.69) is 37.9 Å². The molecule has 0 bridgehead atoms. The molecule has 2 N–H and O–H groups in total. The van der Waals surface area contributed by atoms with Crippen molar-refractivity contribution < 1.29 is 19.1 Å². The number of halogens is 2. The zero-order chi connectivity index (χ0) is 23.5. The molecular weight excluding hydrogens is 540 g/mol. The lowest BCUT2D eigenvalue weighted by Crippen LogP contribution is -2.40. The van der Waals surface area contributed by atoms with Crippen molar-refractivity contribution in [2.45, 2.75) is 25.7 Å². The zero-order valence-electron chi connectivity index (χ0n) is 17.6. The van der Waals surface area contributed by atoms with Crippen LogP contribution in [0.25, 0.3) is 0 Å². The third-order valence-corrected chi connectivity index (χ3v) is 7.02. The van der Waals surface area contributed by atoms with Gasteiger partial charge in [0.15, 0.2) is 0 Å². The fourth-order valence-electron chi connectivity index (χ4n) is 4.27. The van der Waals surface area contributed by atoms with E-state index in [1.54, 1.807) is 13.8 Å². The van der Waals surface area contributed by atoms with Crippen molar-refractivity contribution in [1.29, 1.82) is 5.26 Å². The van der Waals surface area contributed by atoms with Gasteiger partial charge in [-0.05, 0) is 37.1 Å². The largest absolute Gasteiger partial charge is 0.464 e. The van der Waals surface area contributed by atoms with Gasteiger partial charge < -0.3 is 15.2 Å². The molecule has 0 fully saturated rings. The molecule has 0 heterocycles. The number of ether oxygens (including phenoxy) is 2. The normalized spacial score (nSPS) is 22.3. The molecule has 8 heteroatoms. The van der Waals surface area contributed by atoms with Crippen molar-refractivity contribution in [3.8, 4) is 6.07 Å². The number of benzene rings is 2. The van der Waals surface area contributed by atoms with Gasteiger partial charge in [0.2, 0.25) is 5.41 Å². The minimum atomic E-state index is -1.91. The summed E-state index contributed by atoms with van der Waals surface area (Å²) in [4.78, 5) is 26.5. The van der Waals surface area contributed by atoms with E-state index in [4.69, 9.17) is 15.2 Å². The molecule has 6 nitrogen and oxygen atoms in total. The Labute approximate surface area is 203 Å². The summed E-state index contributed by atoms with van der Waals surface area (Å²) in [5.41, 5.74) is 5.91. The average molecular weight is 562 g/mol. The van der Waals surface area contributed by atoms with Crippen LogP contribution >= 0.6 is 31.9 Å². The van der Waals surface area contributed by atoms with Crippen molar-refractivity contribution in [3.63, 3.8) is 0 Å². The van der Waals surface area contributed by atoms with Crippen molar-refractivity contribution in [2.24, 2.45) is 11.1 Å². The first-order valence-electron chi connectivity index (χ1n) is 10.1. The van der Waals surface area contributed by atoms with Crippen LogP contribution in [0.2, 0.25) is 0 Å². The van der Waals surface area contributed by atoms with Gasteiger partial charge in [0.1, 0.15) is 0 Å². The number of nitriles is 1. The maximum atomic E-state index is 13.4. The van der Waals surface area contributed by atoms with Crippen molar-refractivity contribution in [2.75, 3.05) is 13.2 Å². The highest BCUT2D eigenvalue weighted by molar-refractivity contribution is 9.10. The number of nitrogens with two attached hydrogens (primary N) is 1. The average Bonchev–Trinajstić information content (AvgIpc) is 3.04. The summed E-state index contributed by atoms with van der Waals surface area (Å²) in [5, 5.41) is 10.4. The second kappa shape index (κ2) is 9.88. The number of rotatable bonds is 6. The summed E-state index contributed by atoms with van der Waals surface area (Å²) in [5.74, 6) is -3.02. The summed E-state index contributed by atoms with van der Waals surface area (Å²) in [7, 11) is 0. The maximum Gasteiger partial charge on any atom is 0.336 e. The Balaban J connectivity index is 2.43. The van der Waals surface area contributed by atoms with E-state index in [-0.39, 0.29) is 24.5 Å². The fraction of sp³-hybridized carbons (Fsp3) is 0.292. The highest BCUT2D eigenvalue weighted by Crippen LogP contribution is 2.60. The lowest BCUT2D eigenvalue weighted by Gasteiger charge is -2.32. The summed E-state index contributed by atoms with van der Waals surface area (Å²) in [6.45, 7) is 3.53. The Morgan fingerprint density at radius 1 is 1.00 bits per heavy atom. The van der Waals surface area contributed by atoms with Crippen LogP contribution in [0.3, 0.4) is 0 Å². The molecule has 1 aliphatic carbocycles. The van der Waals surface area contributed by atoms with Crippen LogP contribution in [-0.2, 0) is 19.1 Å². The maximum absolute atomic E-state index is 13.4. The summed E-state index contributed by atoms with van der Waals surface area (Å²) in [6, 6.07) is 16.7. The van der Waals surface area contributed by atoms with Crippen LogP contribution in [0.4, 0.5) is 0 Å². The lowest BCUT2D eigenvalue weighted by molar-refractivity contribution is -0.151. The standard InChI is InChI=1S/C24H22Br2N2O4/c1-3-31-22(29)19-18(14-9-5-7-11-16(14)25)20(15-10-6-8-12-17(15)26)24(13-27,21(19)28)23(30)32-4-2/h5-12,18,20H,3-4,28H2,1-2H3/t18-,20+,24-/m0/s1. The molecule has 0 aliphatic heterocycles. The van der Waals surface area contributed by atoms with E-state index in [1.165, 1.54) is 0 Å². The Hall–Kier alpha value is -2.63. The Kier molecular flexibility index (Phi) is 7.42. The first-order chi connectivity index (χ1) is 15.3. The summed E-state index contributed by atoms with van der Waals surface area (Å²) in [6.07, 6.45) is 0. The molecule has 0 radical (unpaired) electrons. The third kappa shape index (κ3) is 3.84. The quantitative estimate of drug-likeness (QED) is 0.501.